The predicted molar refractivity (Wildman–Crippen MR) is 65.0 cm³/mol. The van der Waals surface area contributed by atoms with Gasteiger partial charge in [0.1, 0.15) is 0 Å². The van der Waals surface area contributed by atoms with Crippen molar-refractivity contribution in [3.05, 3.63) is 16.4 Å². The first-order chi connectivity index (χ1) is 7.15. The lowest BCUT2D eigenvalue weighted by Crippen LogP contribution is -2.22. The van der Waals surface area contributed by atoms with Gasteiger partial charge < -0.3 is 5.32 Å². The summed E-state index contributed by atoms with van der Waals surface area (Å²) in [6.45, 7) is 4.20. The zero-order valence-corrected chi connectivity index (χ0v) is 10.8. The fraction of sp³-hybridized carbons (Fsp3) is 0.636. The van der Waals surface area contributed by atoms with Crippen LogP contribution in [0.1, 0.15) is 38.3 Å². The Morgan fingerprint density at radius 2 is 2.27 bits per heavy atom. The van der Waals surface area contributed by atoms with Crippen LogP contribution in [-0.4, -0.2) is 15.5 Å². The van der Waals surface area contributed by atoms with Gasteiger partial charge >= 0.3 is 0 Å². The van der Waals surface area contributed by atoms with E-state index in [9.17, 15) is 0 Å². The van der Waals surface area contributed by atoms with Crippen LogP contribution in [0.5, 0.6) is 0 Å². The molecule has 0 amide bonds. The molecule has 1 aliphatic rings. The highest BCUT2D eigenvalue weighted by Crippen LogP contribution is 2.42. The molecule has 0 spiro atoms. The Morgan fingerprint density at radius 3 is 2.80 bits per heavy atom. The SMILES string of the molecule is CCCC1(Nc2ncc(Br)c(C)n2)CC1. The molecule has 1 N–H and O–H groups in total. The summed E-state index contributed by atoms with van der Waals surface area (Å²) in [4.78, 5) is 8.69. The average Bonchev–Trinajstić information content (AvgIpc) is 2.92. The first kappa shape index (κ1) is 10.9. The third-order valence-electron chi connectivity index (χ3n) is 2.88. The molecule has 1 aromatic heterocycles. The molecule has 82 valence electrons. The van der Waals surface area contributed by atoms with Gasteiger partial charge in [-0.05, 0) is 42.1 Å². The molecular weight excluding hydrogens is 254 g/mol. The normalized spacial score (nSPS) is 17.5. The Bertz CT molecular complexity index is 361. The molecule has 2 rings (SSSR count). The summed E-state index contributed by atoms with van der Waals surface area (Å²) in [6, 6.07) is 0. The summed E-state index contributed by atoms with van der Waals surface area (Å²) in [5.41, 5.74) is 1.29. The largest absolute Gasteiger partial charge is 0.349 e. The lowest BCUT2D eigenvalue weighted by atomic mass is 10.1. The quantitative estimate of drug-likeness (QED) is 0.912. The third-order valence-corrected chi connectivity index (χ3v) is 3.66. The molecule has 4 heteroatoms. The van der Waals surface area contributed by atoms with E-state index in [1.165, 1.54) is 25.7 Å². The second kappa shape index (κ2) is 4.08. The van der Waals surface area contributed by atoms with Crippen molar-refractivity contribution in [2.45, 2.75) is 45.1 Å². The van der Waals surface area contributed by atoms with Gasteiger partial charge in [0.2, 0.25) is 5.95 Å². The van der Waals surface area contributed by atoms with Gasteiger partial charge in [0.15, 0.2) is 0 Å². The number of nitrogens with one attached hydrogen (secondary N) is 1. The van der Waals surface area contributed by atoms with Gasteiger partial charge in [0, 0.05) is 11.7 Å². The van der Waals surface area contributed by atoms with Crippen LogP contribution in [0.4, 0.5) is 5.95 Å². The van der Waals surface area contributed by atoms with Crippen molar-refractivity contribution >= 4 is 21.9 Å². The Kier molecular flexibility index (Phi) is 2.96. The Balaban J connectivity index is 2.08. The van der Waals surface area contributed by atoms with Gasteiger partial charge in [-0.1, -0.05) is 13.3 Å². The molecule has 0 unspecified atom stereocenters. The van der Waals surface area contributed by atoms with Crippen LogP contribution in [0, 0.1) is 6.92 Å². The Labute approximate surface area is 98.8 Å². The molecule has 0 aromatic carbocycles. The van der Waals surface area contributed by atoms with E-state index in [1.54, 1.807) is 0 Å². The van der Waals surface area contributed by atoms with Crippen molar-refractivity contribution in [3.8, 4) is 0 Å². The minimum Gasteiger partial charge on any atom is -0.349 e. The summed E-state index contributed by atoms with van der Waals surface area (Å²) in [6.07, 6.45) is 6.74. The van der Waals surface area contributed by atoms with E-state index in [1.807, 2.05) is 13.1 Å². The molecule has 0 radical (unpaired) electrons. The second-order valence-electron chi connectivity index (χ2n) is 4.28. The highest BCUT2D eigenvalue weighted by Gasteiger charge is 2.42. The van der Waals surface area contributed by atoms with E-state index >= 15 is 0 Å². The summed E-state index contributed by atoms with van der Waals surface area (Å²) >= 11 is 3.40. The number of aryl methyl sites for hydroxylation is 1. The smallest absolute Gasteiger partial charge is 0.223 e. The lowest BCUT2D eigenvalue weighted by molar-refractivity contribution is 0.632. The maximum absolute atomic E-state index is 4.41. The molecule has 0 aliphatic heterocycles. The van der Waals surface area contributed by atoms with Gasteiger partial charge in [0.25, 0.3) is 0 Å². The second-order valence-corrected chi connectivity index (χ2v) is 5.14. The van der Waals surface area contributed by atoms with Crippen LogP contribution >= 0.6 is 15.9 Å². The van der Waals surface area contributed by atoms with Gasteiger partial charge in [-0.2, -0.15) is 0 Å². The van der Waals surface area contributed by atoms with Gasteiger partial charge in [0.05, 0.1) is 10.2 Å². The summed E-state index contributed by atoms with van der Waals surface area (Å²) in [5.74, 6) is 0.765. The average molecular weight is 270 g/mol. The number of halogens is 1. The summed E-state index contributed by atoms with van der Waals surface area (Å²) in [7, 11) is 0. The third kappa shape index (κ3) is 2.48. The van der Waals surface area contributed by atoms with E-state index < -0.39 is 0 Å². The van der Waals surface area contributed by atoms with Crippen LogP contribution in [0.15, 0.2) is 10.7 Å². The topological polar surface area (TPSA) is 37.8 Å². The van der Waals surface area contributed by atoms with E-state index in [0.717, 1.165) is 16.1 Å². The molecule has 0 bridgehead atoms. The standard InChI is InChI=1S/C11H16BrN3/c1-3-4-11(5-6-11)15-10-13-7-9(12)8(2)14-10/h7H,3-6H2,1-2H3,(H,13,14,15). The first-order valence-electron chi connectivity index (χ1n) is 5.42. The molecule has 1 aliphatic carbocycles. The zero-order valence-electron chi connectivity index (χ0n) is 9.18. The zero-order chi connectivity index (χ0) is 10.9. The minimum absolute atomic E-state index is 0.301. The van der Waals surface area contributed by atoms with Crippen molar-refractivity contribution in [1.82, 2.24) is 9.97 Å². The summed E-state index contributed by atoms with van der Waals surface area (Å²) < 4.78 is 0.966. The van der Waals surface area contributed by atoms with Crippen LogP contribution in [0.2, 0.25) is 0 Å². The van der Waals surface area contributed by atoms with Crippen LogP contribution in [-0.2, 0) is 0 Å². The molecule has 1 saturated carbocycles. The Morgan fingerprint density at radius 1 is 1.53 bits per heavy atom. The fourth-order valence-electron chi connectivity index (χ4n) is 1.82. The van der Waals surface area contributed by atoms with Gasteiger partial charge in [-0.15, -0.1) is 0 Å². The highest BCUT2D eigenvalue weighted by atomic mass is 79.9. The number of hydrogen-bond acceptors (Lipinski definition) is 3. The van der Waals surface area contributed by atoms with Gasteiger partial charge in [-0.25, -0.2) is 9.97 Å². The van der Waals surface area contributed by atoms with Gasteiger partial charge in [-0.3, -0.25) is 0 Å². The fourth-order valence-corrected chi connectivity index (χ4v) is 2.01. The number of anilines is 1. The maximum atomic E-state index is 4.41. The van der Waals surface area contributed by atoms with Crippen LogP contribution < -0.4 is 5.32 Å². The molecule has 0 atom stereocenters. The monoisotopic (exact) mass is 269 g/mol. The van der Waals surface area contributed by atoms with Crippen molar-refractivity contribution in [2.75, 3.05) is 5.32 Å². The molecular formula is C11H16BrN3. The number of hydrogen-bond donors (Lipinski definition) is 1. The van der Waals surface area contributed by atoms with Crippen LogP contribution in [0.25, 0.3) is 0 Å². The molecule has 3 nitrogen and oxygen atoms in total. The van der Waals surface area contributed by atoms with Crippen LogP contribution in [0.3, 0.4) is 0 Å². The maximum Gasteiger partial charge on any atom is 0.223 e. The van der Waals surface area contributed by atoms with Crippen molar-refractivity contribution in [3.63, 3.8) is 0 Å². The highest BCUT2D eigenvalue weighted by molar-refractivity contribution is 9.10. The molecule has 1 heterocycles. The van der Waals surface area contributed by atoms with Crippen molar-refractivity contribution in [1.29, 1.82) is 0 Å². The number of nitrogens with zero attached hydrogens (tertiary/aromatic N) is 2. The van der Waals surface area contributed by atoms with E-state index in [4.69, 9.17) is 0 Å². The van der Waals surface area contributed by atoms with E-state index in [2.05, 4.69) is 38.1 Å². The molecule has 15 heavy (non-hydrogen) atoms. The summed E-state index contributed by atoms with van der Waals surface area (Å²) in [5, 5.41) is 3.46. The van der Waals surface area contributed by atoms with E-state index in [-0.39, 0.29) is 0 Å². The predicted octanol–water partition coefficient (Wildman–Crippen LogP) is 3.29. The first-order valence-corrected chi connectivity index (χ1v) is 6.22. The molecule has 0 saturated heterocycles. The molecule has 1 aromatic rings. The number of rotatable bonds is 4. The minimum atomic E-state index is 0.301. The van der Waals surface area contributed by atoms with Crippen molar-refractivity contribution < 1.29 is 0 Å². The van der Waals surface area contributed by atoms with Crippen molar-refractivity contribution in [2.24, 2.45) is 0 Å². The number of aromatic nitrogens is 2. The van der Waals surface area contributed by atoms with E-state index in [0.29, 0.717) is 5.54 Å². The Hall–Kier alpha value is -0.640. The molecule has 1 fully saturated rings. The lowest BCUT2D eigenvalue weighted by Gasteiger charge is -2.16.